The van der Waals surface area contributed by atoms with Crippen LogP contribution in [-0.2, 0) is 4.79 Å². The number of aliphatic carboxylic acids is 1. The molecule has 104 valence electrons. The fourth-order valence-electron chi connectivity index (χ4n) is 2.15. The Kier molecular flexibility index (Phi) is 5.10. The minimum absolute atomic E-state index is 0.496. The van der Waals surface area contributed by atoms with Gasteiger partial charge in [0.25, 0.3) is 0 Å². The number of carboxylic acids is 1. The Labute approximate surface area is 117 Å². The van der Waals surface area contributed by atoms with E-state index in [2.05, 4.69) is 6.07 Å². The van der Waals surface area contributed by atoms with E-state index in [0.717, 1.165) is 30.3 Å². The Balaban J connectivity index is 1.80. The molecular weight excluding hydrogens is 262 g/mol. The molecule has 0 bridgehead atoms. The molecular formula is C14H19NO3S. The molecule has 0 aromatic heterocycles. The molecule has 3 N–H and O–H groups in total. The minimum Gasteiger partial charge on any atom is -0.493 e. The first-order chi connectivity index (χ1) is 9.18. The predicted molar refractivity (Wildman–Crippen MR) is 76.8 cm³/mol. The van der Waals surface area contributed by atoms with Crippen LogP contribution < -0.4 is 10.5 Å². The van der Waals surface area contributed by atoms with Gasteiger partial charge in [0.15, 0.2) is 0 Å². The van der Waals surface area contributed by atoms with Gasteiger partial charge in [-0.3, -0.25) is 4.79 Å². The van der Waals surface area contributed by atoms with Crippen LogP contribution in [0.2, 0.25) is 0 Å². The number of rotatable bonds is 6. The summed E-state index contributed by atoms with van der Waals surface area (Å²) in [6.07, 6.45) is 1.54. The van der Waals surface area contributed by atoms with Crippen LogP contribution in [0.15, 0.2) is 24.3 Å². The smallest absolute Gasteiger partial charge is 0.320 e. The van der Waals surface area contributed by atoms with Gasteiger partial charge in [0.1, 0.15) is 11.8 Å². The van der Waals surface area contributed by atoms with E-state index in [0.29, 0.717) is 12.3 Å². The average molecular weight is 281 g/mol. The number of ether oxygens (including phenoxy) is 1. The van der Waals surface area contributed by atoms with E-state index >= 15 is 0 Å². The summed E-state index contributed by atoms with van der Waals surface area (Å²) in [6, 6.07) is 7.40. The van der Waals surface area contributed by atoms with Crippen molar-refractivity contribution in [3.8, 4) is 5.75 Å². The number of benzene rings is 1. The van der Waals surface area contributed by atoms with E-state index in [1.165, 1.54) is 5.56 Å². The number of carbonyl (C=O) groups is 1. The zero-order valence-corrected chi connectivity index (χ0v) is 11.6. The molecule has 0 amide bonds. The van der Waals surface area contributed by atoms with Gasteiger partial charge in [-0.1, -0.05) is 18.2 Å². The summed E-state index contributed by atoms with van der Waals surface area (Å²) in [5, 5.41) is 8.71. The molecule has 1 aliphatic heterocycles. The lowest BCUT2D eigenvalue weighted by Crippen LogP contribution is -2.30. The summed E-state index contributed by atoms with van der Waals surface area (Å²) >= 11 is 1.77. The summed E-state index contributed by atoms with van der Waals surface area (Å²) in [7, 11) is 0. The highest BCUT2D eigenvalue weighted by Crippen LogP contribution is 2.35. The van der Waals surface area contributed by atoms with E-state index in [4.69, 9.17) is 15.6 Å². The molecule has 0 aliphatic carbocycles. The van der Waals surface area contributed by atoms with Crippen molar-refractivity contribution in [1.29, 1.82) is 0 Å². The molecule has 4 nitrogen and oxygen atoms in total. The van der Waals surface area contributed by atoms with Gasteiger partial charge in [-0.2, -0.15) is 11.8 Å². The first-order valence-corrected chi connectivity index (χ1v) is 7.62. The van der Waals surface area contributed by atoms with Crippen molar-refractivity contribution in [2.24, 2.45) is 5.73 Å². The maximum atomic E-state index is 10.6. The predicted octanol–water partition coefficient (Wildman–Crippen LogP) is 2.09. The maximum Gasteiger partial charge on any atom is 0.320 e. The molecule has 0 saturated heterocycles. The average Bonchev–Trinajstić information content (AvgIpc) is 2.43. The van der Waals surface area contributed by atoms with Crippen LogP contribution in [0.4, 0.5) is 0 Å². The van der Waals surface area contributed by atoms with Gasteiger partial charge in [0, 0.05) is 5.75 Å². The van der Waals surface area contributed by atoms with Gasteiger partial charge < -0.3 is 15.6 Å². The molecule has 2 atom stereocenters. The van der Waals surface area contributed by atoms with Gasteiger partial charge in [-0.05, 0) is 36.1 Å². The summed E-state index contributed by atoms with van der Waals surface area (Å²) in [4.78, 5) is 10.6. The topological polar surface area (TPSA) is 72.5 Å². The molecule has 1 heterocycles. The Morgan fingerprint density at radius 2 is 2.32 bits per heavy atom. The Hall–Kier alpha value is -1.20. The van der Waals surface area contributed by atoms with E-state index in [-0.39, 0.29) is 0 Å². The first-order valence-electron chi connectivity index (χ1n) is 6.46. The SMILES string of the molecule is NC(CCSCC1CCOc2ccccc21)C(=O)O. The van der Waals surface area contributed by atoms with Gasteiger partial charge in [0.2, 0.25) is 0 Å². The second kappa shape index (κ2) is 6.82. The normalized spacial score (nSPS) is 19.3. The van der Waals surface area contributed by atoms with Crippen molar-refractivity contribution in [2.75, 3.05) is 18.1 Å². The quantitative estimate of drug-likeness (QED) is 0.781. The highest BCUT2D eigenvalue weighted by Gasteiger charge is 2.21. The fraction of sp³-hybridized carbons (Fsp3) is 0.500. The molecule has 0 saturated carbocycles. The largest absolute Gasteiger partial charge is 0.493 e. The van der Waals surface area contributed by atoms with Crippen molar-refractivity contribution in [3.05, 3.63) is 29.8 Å². The third-order valence-electron chi connectivity index (χ3n) is 3.29. The molecule has 2 rings (SSSR count). The Bertz CT molecular complexity index is 438. The third kappa shape index (κ3) is 3.88. The van der Waals surface area contributed by atoms with Crippen molar-refractivity contribution in [2.45, 2.75) is 24.8 Å². The number of hydrogen-bond acceptors (Lipinski definition) is 4. The second-order valence-corrected chi connectivity index (χ2v) is 5.83. The first kappa shape index (κ1) is 14.2. The molecule has 19 heavy (non-hydrogen) atoms. The van der Waals surface area contributed by atoms with Gasteiger partial charge in [-0.25, -0.2) is 0 Å². The van der Waals surface area contributed by atoms with E-state index in [1.807, 2.05) is 18.2 Å². The van der Waals surface area contributed by atoms with Crippen LogP contribution in [0.25, 0.3) is 0 Å². The van der Waals surface area contributed by atoms with Gasteiger partial charge in [-0.15, -0.1) is 0 Å². The van der Waals surface area contributed by atoms with Crippen molar-refractivity contribution >= 4 is 17.7 Å². The highest BCUT2D eigenvalue weighted by atomic mass is 32.2. The third-order valence-corrected chi connectivity index (χ3v) is 4.45. The highest BCUT2D eigenvalue weighted by molar-refractivity contribution is 7.99. The van der Waals surface area contributed by atoms with Crippen LogP contribution in [0.5, 0.6) is 5.75 Å². The number of para-hydroxylation sites is 1. The summed E-state index contributed by atoms with van der Waals surface area (Å²) in [5.41, 5.74) is 6.75. The van der Waals surface area contributed by atoms with Crippen LogP contribution in [0.3, 0.4) is 0 Å². The standard InChI is InChI=1S/C14H19NO3S/c15-12(14(16)17)6-8-19-9-10-5-7-18-13-4-2-1-3-11(10)13/h1-4,10,12H,5-9,15H2,(H,16,17). The number of fused-ring (bicyclic) bond motifs is 1. The maximum absolute atomic E-state index is 10.6. The van der Waals surface area contributed by atoms with Crippen LogP contribution in [0.1, 0.15) is 24.3 Å². The molecule has 1 aliphatic rings. The molecule has 1 aromatic rings. The van der Waals surface area contributed by atoms with E-state index in [9.17, 15) is 4.79 Å². The zero-order valence-electron chi connectivity index (χ0n) is 10.7. The second-order valence-electron chi connectivity index (χ2n) is 4.68. The Morgan fingerprint density at radius 3 is 3.11 bits per heavy atom. The zero-order chi connectivity index (χ0) is 13.7. The lowest BCUT2D eigenvalue weighted by Gasteiger charge is -2.25. The lowest BCUT2D eigenvalue weighted by molar-refractivity contribution is -0.138. The summed E-state index contributed by atoms with van der Waals surface area (Å²) in [6.45, 7) is 0.761. The fourth-order valence-corrected chi connectivity index (χ4v) is 3.37. The molecule has 0 radical (unpaired) electrons. The van der Waals surface area contributed by atoms with E-state index < -0.39 is 12.0 Å². The molecule has 0 spiro atoms. The molecule has 5 heteroatoms. The number of nitrogens with two attached hydrogens (primary N) is 1. The van der Waals surface area contributed by atoms with E-state index in [1.54, 1.807) is 11.8 Å². The van der Waals surface area contributed by atoms with Crippen molar-refractivity contribution in [3.63, 3.8) is 0 Å². The molecule has 2 unspecified atom stereocenters. The van der Waals surface area contributed by atoms with Gasteiger partial charge >= 0.3 is 5.97 Å². The van der Waals surface area contributed by atoms with Crippen LogP contribution in [0, 0.1) is 0 Å². The summed E-state index contributed by atoms with van der Waals surface area (Å²) < 4.78 is 5.62. The van der Waals surface area contributed by atoms with Gasteiger partial charge in [0.05, 0.1) is 6.61 Å². The number of thioether (sulfide) groups is 1. The molecule has 1 aromatic carbocycles. The van der Waals surface area contributed by atoms with Crippen molar-refractivity contribution < 1.29 is 14.6 Å². The minimum atomic E-state index is -0.919. The monoisotopic (exact) mass is 281 g/mol. The van der Waals surface area contributed by atoms with Crippen LogP contribution >= 0.6 is 11.8 Å². The number of hydrogen-bond donors (Lipinski definition) is 2. The lowest BCUT2D eigenvalue weighted by atomic mass is 9.95. The molecule has 0 fully saturated rings. The van der Waals surface area contributed by atoms with Crippen LogP contribution in [-0.4, -0.2) is 35.2 Å². The Morgan fingerprint density at radius 1 is 1.53 bits per heavy atom. The number of carboxylic acid groups (broad SMARTS) is 1. The summed E-state index contributed by atoms with van der Waals surface area (Å²) in [5.74, 6) is 2.34. The van der Waals surface area contributed by atoms with Crippen molar-refractivity contribution in [1.82, 2.24) is 0 Å².